The van der Waals surface area contributed by atoms with E-state index in [0.29, 0.717) is 5.91 Å². The highest BCUT2D eigenvalue weighted by molar-refractivity contribution is 7.09. The average molecular weight is 467 g/mol. The molecule has 2 aliphatic heterocycles. The first-order valence-corrected chi connectivity index (χ1v) is 13.0. The van der Waals surface area contributed by atoms with Gasteiger partial charge in [0.2, 0.25) is 11.8 Å². The molecule has 7 heteroatoms. The Hall–Kier alpha value is -2.22. The van der Waals surface area contributed by atoms with Crippen LogP contribution in [0.25, 0.3) is 0 Å². The molecule has 2 aromatic rings. The van der Waals surface area contributed by atoms with Crippen molar-refractivity contribution < 1.29 is 9.59 Å². The number of likely N-dealkylation sites (tertiary alicyclic amines) is 1. The number of benzene rings is 1. The Kier molecular flexibility index (Phi) is 6.54. The van der Waals surface area contributed by atoms with Crippen molar-refractivity contribution in [3.63, 3.8) is 0 Å². The van der Waals surface area contributed by atoms with Crippen LogP contribution in [0.5, 0.6) is 0 Å². The van der Waals surface area contributed by atoms with Crippen LogP contribution >= 0.6 is 11.3 Å². The van der Waals surface area contributed by atoms with Crippen molar-refractivity contribution in [2.45, 2.75) is 39.3 Å². The first-order valence-electron chi connectivity index (χ1n) is 12.1. The number of rotatable bonds is 6. The largest absolute Gasteiger partial charge is 0.340 e. The second kappa shape index (κ2) is 9.57. The maximum absolute atomic E-state index is 13.2. The molecule has 0 bridgehead atoms. The highest BCUT2D eigenvalue weighted by Gasteiger charge is 2.59. The number of carbonyl (C=O) groups is 2. The van der Waals surface area contributed by atoms with Crippen molar-refractivity contribution in [1.82, 2.24) is 14.7 Å². The van der Waals surface area contributed by atoms with Crippen LogP contribution in [0, 0.1) is 11.3 Å². The van der Waals surface area contributed by atoms with Gasteiger partial charge in [0.15, 0.2) is 0 Å². The summed E-state index contributed by atoms with van der Waals surface area (Å²) in [7, 11) is 0. The average Bonchev–Trinajstić information content (AvgIpc) is 3.25. The minimum absolute atomic E-state index is 0.0436. The number of thiophene rings is 1. The Morgan fingerprint density at radius 3 is 2.30 bits per heavy atom. The Balaban J connectivity index is 1.06. The normalized spacial score (nSPS) is 22.9. The van der Waals surface area contributed by atoms with Crippen molar-refractivity contribution in [2.24, 2.45) is 11.3 Å². The van der Waals surface area contributed by atoms with Crippen LogP contribution in [0.1, 0.15) is 36.6 Å². The maximum atomic E-state index is 13.2. The van der Waals surface area contributed by atoms with Gasteiger partial charge in [0, 0.05) is 62.7 Å². The lowest BCUT2D eigenvalue weighted by atomic mass is 9.90. The molecule has 0 radical (unpaired) electrons. The first kappa shape index (κ1) is 22.6. The van der Waals surface area contributed by atoms with Crippen LogP contribution in [0.3, 0.4) is 0 Å². The highest BCUT2D eigenvalue weighted by atomic mass is 32.1. The predicted molar refractivity (Wildman–Crippen MR) is 132 cm³/mol. The second-order valence-electron chi connectivity index (χ2n) is 9.95. The third-order valence-corrected chi connectivity index (χ3v) is 8.52. The molecule has 3 aliphatic rings. The van der Waals surface area contributed by atoms with E-state index >= 15 is 0 Å². The first-order chi connectivity index (χ1) is 16.0. The molecule has 33 heavy (non-hydrogen) atoms. The molecule has 2 amide bonds. The maximum Gasteiger partial charge on any atom is 0.226 e. The SMILES string of the molecule is CC(=O)Nc1ccc(CN2CCC3(CC2)CC3C(=O)N2CCN(Cc3cccs3)CC2)cc1. The van der Waals surface area contributed by atoms with E-state index in [1.807, 2.05) is 23.5 Å². The van der Waals surface area contributed by atoms with Gasteiger partial charge in [-0.15, -0.1) is 11.3 Å². The Morgan fingerprint density at radius 2 is 1.67 bits per heavy atom. The summed E-state index contributed by atoms with van der Waals surface area (Å²) in [5.41, 5.74) is 2.37. The van der Waals surface area contributed by atoms with E-state index in [9.17, 15) is 9.59 Å². The molecular weight excluding hydrogens is 432 g/mol. The Bertz CT molecular complexity index is 959. The van der Waals surface area contributed by atoms with Gasteiger partial charge in [-0.05, 0) is 66.9 Å². The number of nitrogens with zero attached hydrogens (tertiary/aromatic N) is 3. The van der Waals surface area contributed by atoms with Gasteiger partial charge in [-0.2, -0.15) is 0 Å². The molecule has 1 aliphatic carbocycles. The van der Waals surface area contributed by atoms with Crippen LogP contribution < -0.4 is 5.32 Å². The van der Waals surface area contributed by atoms with Crippen LogP contribution in [-0.2, 0) is 22.7 Å². The molecule has 1 atom stereocenters. The monoisotopic (exact) mass is 466 g/mol. The lowest BCUT2D eigenvalue weighted by molar-refractivity contribution is -0.135. The van der Waals surface area contributed by atoms with Gasteiger partial charge < -0.3 is 10.2 Å². The van der Waals surface area contributed by atoms with Gasteiger partial charge >= 0.3 is 0 Å². The number of hydrogen-bond acceptors (Lipinski definition) is 5. The minimum Gasteiger partial charge on any atom is -0.340 e. The summed E-state index contributed by atoms with van der Waals surface area (Å²) in [6.45, 7) is 9.31. The van der Waals surface area contributed by atoms with E-state index in [0.717, 1.165) is 77.3 Å². The molecule has 1 spiro atoms. The summed E-state index contributed by atoms with van der Waals surface area (Å²) in [5.74, 6) is 0.617. The van der Waals surface area contributed by atoms with Crippen LogP contribution in [-0.4, -0.2) is 65.8 Å². The molecular formula is C26H34N4O2S. The van der Waals surface area contributed by atoms with E-state index in [-0.39, 0.29) is 17.2 Å². The van der Waals surface area contributed by atoms with Crippen molar-refractivity contribution in [3.05, 3.63) is 52.2 Å². The molecule has 1 N–H and O–H groups in total. The third kappa shape index (κ3) is 5.31. The summed E-state index contributed by atoms with van der Waals surface area (Å²) >= 11 is 1.81. The number of amides is 2. The fourth-order valence-corrected chi connectivity index (χ4v) is 6.28. The fraction of sp³-hybridized carbons (Fsp3) is 0.538. The topological polar surface area (TPSA) is 55.9 Å². The summed E-state index contributed by atoms with van der Waals surface area (Å²) in [6.07, 6.45) is 3.35. The smallest absolute Gasteiger partial charge is 0.226 e. The zero-order valence-electron chi connectivity index (χ0n) is 19.5. The van der Waals surface area contributed by atoms with Gasteiger partial charge in [0.1, 0.15) is 0 Å². The molecule has 1 aromatic carbocycles. The second-order valence-corrected chi connectivity index (χ2v) is 11.0. The summed E-state index contributed by atoms with van der Waals surface area (Å²) in [4.78, 5) is 32.9. The van der Waals surface area contributed by atoms with Gasteiger partial charge in [-0.1, -0.05) is 18.2 Å². The standard InChI is InChI=1S/C26H34N4O2S/c1-20(31)27-22-6-4-21(5-7-22)18-28-10-8-26(9-11-28)17-24(26)25(32)30-14-12-29(13-15-30)19-23-3-2-16-33-23/h2-7,16,24H,8-15,17-19H2,1H3,(H,27,31). The molecule has 1 unspecified atom stereocenters. The molecule has 176 valence electrons. The van der Waals surface area contributed by atoms with E-state index in [4.69, 9.17) is 0 Å². The summed E-state index contributed by atoms with van der Waals surface area (Å²) in [6, 6.07) is 12.4. The van der Waals surface area contributed by atoms with Crippen LogP contribution in [0.4, 0.5) is 5.69 Å². The fourth-order valence-electron chi connectivity index (χ4n) is 5.53. The van der Waals surface area contributed by atoms with E-state index < -0.39 is 0 Å². The predicted octanol–water partition coefficient (Wildman–Crippen LogP) is 3.65. The molecule has 1 saturated carbocycles. The Morgan fingerprint density at radius 1 is 0.970 bits per heavy atom. The number of piperidine rings is 1. The molecule has 6 nitrogen and oxygen atoms in total. The lowest BCUT2D eigenvalue weighted by Crippen LogP contribution is -2.49. The Labute approximate surface area is 200 Å². The molecule has 2 saturated heterocycles. The van der Waals surface area contributed by atoms with E-state index in [2.05, 4.69) is 49.7 Å². The zero-order chi connectivity index (χ0) is 22.8. The number of hydrogen-bond donors (Lipinski definition) is 1. The van der Waals surface area contributed by atoms with Gasteiger partial charge in [-0.25, -0.2) is 0 Å². The zero-order valence-corrected chi connectivity index (χ0v) is 20.3. The van der Waals surface area contributed by atoms with Gasteiger partial charge in [-0.3, -0.25) is 19.4 Å². The third-order valence-electron chi connectivity index (χ3n) is 7.66. The molecule has 1 aromatic heterocycles. The number of carbonyl (C=O) groups excluding carboxylic acids is 2. The summed E-state index contributed by atoms with van der Waals surface area (Å²) < 4.78 is 0. The highest BCUT2D eigenvalue weighted by Crippen LogP contribution is 2.60. The van der Waals surface area contributed by atoms with Crippen molar-refractivity contribution in [2.75, 3.05) is 44.6 Å². The van der Waals surface area contributed by atoms with Crippen molar-refractivity contribution in [1.29, 1.82) is 0 Å². The van der Waals surface area contributed by atoms with E-state index in [1.54, 1.807) is 0 Å². The van der Waals surface area contributed by atoms with Crippen molar-refractivity contribution >= 4 is 28.8 Å². The number of nitrogens with one attached hydrogen (secondary N) is 1. The quantitative estimate of drug-likeness (QED) is 0.706. The molecule has 3 heterocycles. The van der Waals surface area contributed by atoms with Crippen LogP contribution in [0.15, 0.2) is 41.8 Å². The lowest BCUT2D eigenvalue weighted by Gasteiger charge is -2.36. The van der Waals surface area contributed by atoms with Gasteiger partial charge in [0.25, 0.3) is 0 Å². The number of piperazine rings is 1. The van der Waals surface area contributed by atoms with Crippen molar-refractivity contribution in [3.8, 4) is 0 Å². The van der Waals surface area contributed by atoms with Crippen LogP contribution in [0.2, 0.25) is 0 Å². The van der Waals surface area contributed by atoms with Gasteiger partial charge in [0.05, 0.1) is 0 Å². The number of anilines is 1. The molecule has 5 rings (SSSR count). The minimum atomic E-state index is -0.0436. The summed E-state index contributed by atoms with van der Waals surface area (Å²) in [5, 5.41) is 4.95. The van der Waals surface area contributed by atoms with E-state index in [1.165, 1.54) is 17.4 Å². The molecule has 3 fully saturated rings.